The van der Waals surface area contributed by atoms with E-state index in [1.165, 1.54) is 18.4 Å². The Hall–Kier alpha value is -1.55. The van der Waals surface area contributed by atoms with Crippen molar-refractivity contribution in [1.29, 1.82) is 0 Å². The Bertz CT molecular complexity index is 450. The van der Waals surface area contributed by atoms with Crippen LogP contribution in [0.2, 0.25) is 0 Å². The van der Waals surface area contributed by atoms with Gasteiger partial charge in [0.1, 0.15) is 11.9 Å². The van der Waals surface area contributed by atoms with Crippen molar-refractivity contribution in [2.45, 2.75) is 37.8 Å². The highest BCUT2D eigenvalue weighted by molar-refractivity contribution is 5.83. The van der Waals surface area contributed by atoms with Gasteiger partial charge in [-0.25, -0.2) is 0 Å². The van der Waals surface area contributed by atoms with Crippen LogP contribution in [0.25, 0.3) is 0 Å². The molecule has 2 aliphatic heterocycles. The molecule has 1 fully saturated rings. The number of ether oxygens (including phenoxy) is 1. The first kappa shape index (κ1) is 12.5. The number of phenolic OH excluding ortho intramolecular Hbond substituents is 1. The number of aliphatic imine (C=N–C) groups is 1. The monoisotopic (exact) mass is 260 g/mol. The molecular weight excluding hydrogens is 240 g/mol. The van der Waals surface area contributed by atoms with Crippen LogP contribution in [0.15, 0.2) is 29.3 Å². The van der Waals surface area contributed by atoms with Gasteiger partial charge in [-0.3, -0.25) is 4.99 Å². The second-order valence-electron chi connectivity index (χ2n) is 5.29. The molecule has 2 aliphatic rings. The minimum absolute atomic E-state index is 0.142. The first-order chi connectivity index (χ1) is 9.31. The molecule has 4 heteroatoms. The van der Waals surface area contributed by atoms with Crippen LogP contribution in [-0.4, -0.2) is 36.2 Å². The molecule has 0 saturated carbocycles. The molecule has 1 saturated heterocycles. The van der Waals surface area contributed by atoms with Gasteiger partial charge in [0.05, 0.1) is 12.6 Å². The largest absolute Gasteiger partial charge is 0.508 e. The number of rotatable bonds is 3. The standard InChI is InChI=1S/C15H20N2O2/c18-12-6-4-11(5-7-12)9-13-10-17-15(19-13)14-3-1-2-8-16-14/h4-7,13-14,16,18H,1-3,8-10H2. The predicted molar refractivity (Wildman–Crippen MR) is 74.6 cm³/mol. The number of nitrogens with zero attached hydrogens (tertiary/aromatic N) is 1. The van der Waals surface area contributed by atoms with Crippen molar-refractivity contribution in [3.8, 4) is 5.75 Å². The number of benzene rings is 1. The van der Waals surface area contributed by atoms with E-state index < -0.39 is 0 Å². The van der Waals surface area contributed by atoms with Gasteiger partial charge in [0.25, 0.3) is 0 Å². The van der Waals surface area contributed by atoms with Crippen LogP contribution >= 0.6 is 0 Å². The summed E-state index contributed by atoms with van der Waals surface area (Å²) in [6, 6.07) is 7.63. The third-order valence-electron chi connectivity index (χ3n) is 3.75. The summed E-state index contributed by atoms with van der Waals surface area (Å²) < 4.78 is 5.96. The average molecular weight is 260 g/mol. The van der Waals surface area contributed by atoms with Gasteiger partial charge in [0, 0.05) is 6.42 Å². The van der Waals surface area contributed by atoms with Crippen LogP contribution in [-0.2, 0) is 11.2 Å². The Labute approximate surface area is 113 Å². The zero-order valence-corrected chi connectivity index (χ0v) is 11.0. The lowest BCUT2D eigenvalue weighted by Gasteiger charge is -2.23. The quantitative estimate of drug-likeness (QED) is 0.872. The lowest BCUT2D eigenvalue weighted by Crippen LogP contribution is -2.41. The maximum atomic E-state index is 9.27. The van der Waals surface area contributed by atoms with Crippen molar-refractivity contribution in [2.24, 2.45) is 4.99 Å². The van der Waals surface area contributed by atoms with Gasteiger partial charge in [-0.2, -0.15) is 0 Å². The number of nitrogens with one attached hydrogen (secondary N) is 1. The third kappa shape index (κ3) is 3.07. The maximum absolute atomic E-state index is 9.27. The van der Waals surface area contributed by atoms with Gasteiger partial charge >= 0.3 is 0 Å². The normalized spacial score (nSPS) is 26.8. The Kier molecular flexibility index (Phi) is 3.69. The van der Waals surface area contributed by atoms with Crippen LogP contribution in [0.4, 0.5) is 0 Å². The molecule has 102 valence electrons. The fraction of sp³-hybridized carbons (Fsp3) is 0.533. The van der Waals surface area contributed by atoms with E-state index in [4.69, 9.17) is 4.74 Å². The fourth-order valence-corrected chi connectivity index (χ4v) is 2.69. The van der Waals surface area contributed by atoms with Gasteiger partial charge in [-0.1, -0.05) is 18.6 Å². The van der Waals surface area contributed by atoms with Crippen LogP contribution in [0.1, 0.15) is 24.8 Å². The zero-order chi connectivity index (χ0) is 13.1. The van der Waals surface area contributed by atoms with Crippen molar-refractivity contribution >= 4 is 5.90 Å². The molecule has 2 unspecified atom stereocenters. The van der Waals surface area contributed by atoms with Crippen LogP contribution < -0.4 is 5.32 Å². The molecule has 0 spiro atoms. The summed E-state index contributed by atoms with van der Waals surface area (Å²) in [6.45, 7) is 1.81. The fourth-order valence-electron chi connectivity index (χ4n) is 2.69. The van der Waals surface area contributed by atoms with E-state index in [0.717, 1.165) is 31.8 Å². The summed E-state index contributed by atoms with van der Waals surface area (Å²) in [5.74, 6) is 1.20. The first-order valence-electron chi connectivity index (χ1n) is 7.03. The lowest BCUT2D eigenvalue weighted by atomic mass is 10.1. The molecular formula is C15H20N2O2. The summed E-state index contributed by atoms with van der Waals surface area (Å²) in [5.41, 5.74) is 1.18. The van der Waals surface area contributed by atoms with Crippen molar-refractivity contribution in [1.82, 2.24) is 5.32 Å². The molecule has 1 aromatic carbocycles. The molecule has 19 heavy (non-hydrogen) atoms. The minimum atomic E-state index is 0.142. The summed E-state index contributed by atoms with van der Waals surface area (Å²) in [7, 11) is 0. The summed E-state index contributed by atoms with van der Waals surface area (Å²) >= 11 is 0. The summed E-state index contributed by atoms with van der Waals surface area (Å²) in [4.78, 5) is 4.54. The van der Waals surface area contributed by atoms with E-state index in [1.807, 2.05) is 12.1 Å². The zero-order valence-electron chi connectivity index (χ0n) is 11.0. The molecule has 1 aromatic rings. The molecule has 4 nitrogen and oxygen atoms in total. The van der Waals surface area contributed by atoms with Crippen molar-refractivity contribution in [2.75, 3.05) is 13.1 Å². The first-order valence-corrected chi connectivity index (χ1v) is 7.03. The second kappa shape index (κ2) is 5.61. The Morgan fingerprint density at radius 1 is 1.26 bits per heavy atom. The predicted octanol–water partition coefficient (Wildman–Crippen LogP) is 1.87. The highest BCUT2D eigenvalue weighted by Crippen LogP contribution is 2.18. The van der Waals surface area contributed by atoms with E-state index >= 15 is 0 Å². The molecule has 3 rings (SSSR count). The van der Waals surface area contributed by atoms with Gasteiger partial charge in [-0.15, -0.1) is 0 Å². The SMILES string of the molecule is Oc1ccc(CC2CN=C(C3CCCCN3)O2)cc1. The van der Waals surface area contributed by atoms with E-state index in [2.05, 4.69) is 10.3 Å². The van der Waals surface area contributed by atoms with E-state index in [9.17, 15) is 5.11 Å². The Morgan fingerprint density at radius 2 is 2.11 bits per heavy atom. The van der Waals surface area contributed by atoms with E-state index in [1.54, 1.807) is 12.1 Å². The number of hydrogen-bond donors (Lipinski definition) is 2. The molecule has 2 heterocycles. The molecule has 2 atom stereocenters. The summed E-state index contributed by atoms with van der Waals surface area (Å²) in [6.07, 6.45) is 4.62. The lowest BCUT2D eigenvalue weighted by molar-refractivity contribution is 0.209. The summed E-state index contributed by atoms with van der Waals surface area (Å²) in [5, 5.41) is 12.7. The molecule has 2 N–H and O–H groups in total. The van der Waals surface area contributed by atoms with Crippen molar-refractivity contribution < 1.29 is 9.84 Å². The molecule has 0 bridgehead atoms. The second-order valence-corrected chi connectivity index (χ2v) is 5.29. The van der Waals surface area contributed by atoms with E-state index in [0.29, 0.717) is 11.8 Å². The van der Waals surface area contributed by atoms with Gasteiger partial charge in [0.2, 0.25) is 5.90 Å². The topological polar surface area (TPSA) is 53.9 Å². The highest BCUT2D eigenvalue weighted by atomic mass is 16.5. The molecule has 0 aliphatic carbocycles. The minimum Gasteiger partial charge on any atom is -0.508 e. The van der Waals surface area contributed by atoms with Crippen molar-refractivity contribution in [3.05, 3.63) is 29.8 Å². The molecule has 0 amide bonds. The van der Waals surface area contributed by atoms with Crippen LogP contribution in [0, 0.1) is 0 Å². The molecule has 0 radical (unpaired) electrons. The van der Waals surface area contributed by atoms with Gasteiger partial charge < -0.3 is 15.2 Å². The Morgan fingerprint density at radius 3 is 2.84 bits per heavy atom. The average Bonchev–Trinajstić information content (AvgIpc) is 2.91. The van der Waals surface area contributed by atoms with E-state index in [-0.39, 0.29) is 6.10 Å². The number of hydrogen-bond acceptors (Lipinski definition) is 4. The van der Waals surface area contributed by atoms with Gasteiger partial charge in [0.15, 0.2) is 0 Å². The van der Waals surface area contributed by atoms with Crippen molar-refractivity contribution in [3.63, 3.8) is 0 Å². The molecule has 0 aromatic heterocycles. The maximum Gasteiger partial charge on any atom is 0.201 e. The highest BCUT2D eigenvalue weighted by Gasteiger charge is 2.27. The van der Waals surface area contributed by atoms with Crippen LogP contribution in [0.5, 0.6) is 5.75 Å². The number of phenols is 1. The van der Waals surface area contributed by atoms with Crippen LogP contribution in [0.3, 0.4) is 0 Å². The Balaban J connectivity index is 1.54. The van der Waals surface area contributed by atoms with Gasteiger partial charge in [-0.05, 0) is 37.1 Å². The third-order valence-corrected chi connectivity index (χ3v) is 3.75. The smallest absolute Gasteiger partial charge is 0.201 e. The number of piperidine rings is 1. The number of aromatic hydroxyl groups is 1.